The van der Waals surface area contributed by atoms with E-state index in [-0.39, 0.29) is 5.97 Å². The van der Waals surface area contributed by atoms with E-state index in [1.807, 2.05) is 6.92 Å². The molecule has 18 heavy (non-hydrogen) atoms. The molecule has 0 aliphatic heterocycles. The molecule has 0 unspecified atom stereocenters. The SMILES string of the molecule is CCCN(CCCOCCOC)CC(=O)OCC. The Hall–Kier alpha value is -0.650. The second-order valence-corrected chi connectivity index (χ2v) is 4.04. The van der Waals surface area contributed by atoms with Crippen molar-refractivity contribution >= 4 is 5.97 Å². The lowest BCUT2D eigenvalue weighted by atomic mass is 10.3. The number of rotatable bonds is 12. The summed E-state index contributed by atoms with van der Waals surface area (Å²) in [5.41, 5.74) is 0. The van der Waals surface area contributed by atoms with Gasteiger partial charge in [-0.1, -0.05) is 6.92 Å². The van der Waals surface area contributed by atoms with Crippen LogP contribution in [-0.4, -0.2) is 64.0 Å². The van der Waals surface area contributed by atoms with Gasteiger partial charge in [0.15, 0.2) is 0 Å². The number of esters is 1. The summed E-state index contributed by atoms with van der Waals surface area (Å²) < 4.78 is 15.2. The molecule has 0 heterocycles. The van der Waals surface area contributed by atoms with Gasteiger partial charge in [0.05, 0.1) is 26.4 Å². The van der Waals surface area contributed by atoms with Gasteiger partial charge in [0.25, 0.3) is 0 Å². The molecule has 0 radical (unpaired) electrons. The van der Waals surface area contributed by atoms with Crippen molar-refractivity contribution < 1.29 is 19.0 Å². The highest BCUT2D eigenvalue weighted by atomic mass is 16.5. The van der Waals surface area contributed by atoms with E-state index in [2.05, 4.69) is 11.8 Å². The van der Waals surface area contributed by atoms with Crippen LogP contribution in [0.4, 0.5) is 0 Å². The Balaban J connectivity index is 3.65. The molecule has 0 saturated carbocycles. The Labute approximate surface area is 110 Å². The van der Waals surface area contributed by atoms with E-state index in [1.54, 1.807) is 7.11 Å². The quantitative estimate of drug-likeness (QED) is 0.391. The molecule has 0 amide bonds. The predicted molar refractivity (Wildman–Crippen MR) is 70.7 cm³/mol. The van der Waals surface area contributed by atoms with Crippen LogP contribution in [0.15, 0.2) is 0 Å². The van der Waals surface area contributed by atoms with Crippen LogP contribution in [0.25, 0.3) is 0 Å². The van der Waals surface area contributed by atoms with Crippen molar-refractivity contribution in [3.8, 4) is 0 Å². The first-order chi connectivity index (χ1) is 8.74. The third-order valence-electron chi connectivity index (χ3n) is 2.39. The van der Waals surface area contributed by atoms with Gasteiger partial charge in [-0.25, -0.2) is 0 Å². The molecule has 0 spiro atoms. The summed E-state index contributed by atoms with van der Waals surface area (Å²) in [4.78, 5) is 13.5. The molecule has 0 saturated heterocycles. The minimum atomic E-state index is -0.147. The maximum Gasteiger partial charge on any atom is 0.320 e. The molecule has 0 aromatic heterocycles. The Morgan fingerprint density at radius 2 is 1.89 bits per heavy atom. The molecule has 5 heteroatoms. The number of hydrogen-bond donors (Lipinski definition) is 0. The fourth-order valence-corrected chi connectivity index (χ4v) is 1.61. The monoisotopic (exact) mass is 261 g/mol. The zero-order valence-electron chi connectivity index (χ0n) is 11.9. The first kappa shape index (κ1) is 17.4. The topological polar surface area (TPSA) is 48.0 Å². The standard InChI is InChI=1S/C13H27NO4/c1-4-7-14(12-13(15)18-5-2)8-6-9-17-11-10-16-3/h4-12H2,1-3H3. The van der Waals surface area contributed by atoms with E-state index < -0.39 is 0 Å². The van der Waals surface area contributed by atoms with Gasteiger partial charge in [0, 0.05) is 20.3 Å². The Kier molecular flexibility index (Phi) is 12.3. The summed E-state index contributed by atoms with van der Waals surface area (Å²) >= 11 is 0. The first-order valence-electron chi connectivity index (χ1n) is 6.69. The number of carbonyl (C=O) groups excluding carboxylic acids is 1. The van der Waals surface area contributed by atoms with Gasteiger partial charge < -0.3 is 14.2 Å². The minimum Gasteiger partial charge on any atom is -0.465 e. The molecule has 5 nitrogen and oxygen atoms in total. The summed E-state index contributed by atoms with van der Waals surface area (Å²) in [5, 5.41) is 0. The van der Waals surface area contributed by atoms with Crippen molar-refractivity contribution in [2.24, 2.45) is 0 Å². The maximum atomic E-state index is 11.4. The zero-order valence-corrected chi connectivity index (χ0v) is 11.9. The lowest BCUT2D eigenvalue weighted by molar-refractivity contribution is -0.144. The van der Waals surface area contributed by atoms with Crippen LogP contribution in [0, 0.1) is 0 Å². The fourth-order valence-electron chi connectivity index (χ4n) is 1.61. The molecule has 0 aromatic rings. The molecule has 0 aliphatic carbocycles. The van der Waals surface area contributed by atoms with E-state index in [4.69, 9.17) is 14.2 Å². The van der Waals surface area contributed by atoms with Crippen LogP contribution >= 0.6 is 0 Å². The van der Waals surface area contributed by atoms with Crippen LogP contribution in [0.2, 0.25) is 0 Å². The number of nitrogens with zero attached hydrogens (tertiary/aromatic N) is 1. The summed E-state index contributed by atoms with van der Waals surface area (Å²) in [6.45, 7) is 8.48. The molecular formula is C13H27NO4. The number of hydrogen-bond acceptors (Lipinski definition) is 5. The number of ether oxygens (including phenoxy) is 3. The van der Waals surface area contributed by atoms with E-state index >= 15 is 0 Å². The summed E-state index contributed by atoms with van der Waals surface area (Å²) in [7, 11) is 1.66. The highest BCUT2D eigenvalue weighted by Crippen LogP contribution is 1.96. The smallest absolute Gasteiger partial charge is 0.320 e. The first-order valence-corrected chi connectivity index (χ1v) is 6.69. The third-order valence-corrected chi connectivity index (χ3v) is 2.39. The van der Waals surface area contributed by atoms with Gasteiger partial charge in [-0.05, 0) is 26.3 Å². The highest BCUT2D eigenvalue weighted by molar-refractivity contribution is 5.71. The predicted octanol–water partition coefficient (Wildman–Crippen LogP) is 1.31. The van der Waals surface area contributed by atoms with Gasteiger partial charge >= 0.3 is 5.97 Å². The zero-order chi connectivity index (χ0) is 13.6. The van der Waals surface area contributed by atoms with Crippen molar-refractivity contribution in [2.45, 2.75) is 26.7 Å². The van der Waals surface area contributed by atoms with E-state index in [0.717, 1.165) is 25.9 Å². The fraction of sp³-hybridized carbons (Fsp3) is 0.923. The van der Waals surface area contributed by atoms with Crippen molar-refractivity contribution in [3.63, 3.8) is 0 Å². The molecule has 0 bridgehead atoms. The second-order valence-electron chi connectivity index (χ2n) is 4.04. The number of methoxy groups -OCH3 is 1. The Morgan fingerprint density at radius 1 is 1.11 bits per heavy atom. The van der Waals surface area contributed by atoms with Gasteiger partial charge in [-0.2, -0.15) is 0 Å². The van der Waals surface area contributed by atoms with Crippen LogP contribution in [0.3, 0.4) is 0 Å². The Morgan fingerprint density at radius 3 is 2.50 bits per heavy atom. The molecule has 0 N–H and O–H groups in total. The van der Waals surface area contributed by atoms with Crippen LogP contribution in [0.5, 0.6) is 0 Å². The molecule has 0 fully saturated rings. The molecular weight excluding hydrogens is 234 g/mol. The summed E-state index contributed by atoms with van der Waals surface area (Å²) in [5.74, 6) is -0.147. The van der Waals surface area contributed by atoms with E-state index in [1.165, 1.54) is 0 Å². The van der Waals surface area contributed by atoms with E-state index in [0.29, 0.717) is 33.0 Å². The number of carbonyl (C=O) groups is 1. The van der Waals surface area contributed by atoms with Gasteiger partial charge in [0.1, 0.15) is 0 Å². The summed E-state index contributed by atoms with van der Waals surface area (Å²) in [6.07, 6.45) is 1.95. The molecule has 0 aliphatic rings. The molecule has 0 aromatic carbocycles. The third kappa shape index (κ3) is 10.5. The highest BCUT2D eigenvalue weighted by Gasteiger charge is 2.10. The average Bonchev–Trinajstić information content (AvgIpc) is 2.34. The van der Waals surface area contributed by atoms with Crippen LogP contribution < -0.4 is 0 Å². The van der Waals surface area contributed by atoms with Crippen molar-refractivity contribution in [2.75, 3.05) is 53.2 Å². The average molecular weight is 261 g/mol. The molecule has 0 atom stereocenters. The lowest BCUT2D eigenvalue weighted by Gasteiger charge is -2.20. The van der Waals surface area contributed by atoms with Gasteiger partial charge in [-0.15, -0.1) is 0 Å². The van der Waals surface area contributed by atoms with Crippen molar-refractivity contribution in [3.05, 3.63) is 0 Å². The maximum absolute atomic E-state index is 11.4. The van der Waals surface area contributed by atoms with Crippen LogP contribution in [-0.2, 0) is 19.0 Å². The second kappa shape index (κ2) is 12.8. The largest absolute Gasteiger partial charge is 0.465 e. The Bertz CT molecular complexity index is 199. The summed E-state index contributed by atoms with van der Waals surface area (Å²) in [6, 6.07) is 0. The lowest BCUT2D eigenvalue weighted by Crippen LogP contribution is -2.33. The molecule has 0 rings (SSSR count). The van der Waals surface area contributed by atoms with Crippen LogP contribution in [0.1, 0.15) is 26.7 Å². The minimum absolute atomic E-state index is 0.147. The normalized spacial score (nSPS) is 10.9. The van der Waals surface area contributed by atoms with Crippen molar-refractivity contribution in [1.29, 1.82) is 0 Å². The molecule has 108 valence electrons. The van der Waals surface area contributed by atoms with E-state index in [9.17, 15) is 4.79 Å². The van der Waals surface area contributed by atoms with Gasteiger partial charge in [-0.3, -0.25) is 9.69 Å². The van der Waals surface area contributed by atoms with Crippen molar-refractivity contribution in [1.82, 2.24) is 4.90 Å². The van der Waals surface area contributed by atoms with Gasteiger partial charge in [0.2, 0.25) is 0 Å².